The first kappa shape index (κ1) is 18.5. The Hall–Kier alpha value is -1.79. The van der Waals surface area contributed by atoms with Gasteiger partial charge in [-0.05, 0) is 39.0 Å². The molecule has 0 aromatic rings. The minimum Gasteiger partial charge on any atom is -0.480 e. The summed E-state index contributed by atoms with van der Waals surface area (Å²) in [4.78, 5) is 41.4. The highest BCUT2D eigenvalue weighted by Gasteiger charge is 2.34. The van der Waals surface area contributed by atoms with Gasteiger partial charge in [0.25, 0.3) is 0 Å². The molecule has 1 unspecified atom stereocenters. The predicted molar refractivity (Wildman–Crippen MR) is 89.6 cm³/mol. The monoisotopic (exact) mass is 339 g/mol. The van der Waals surface area contributed by atoms with E-state index in [9.17, 15) is 14.4 Å². The molecule has 24 heavy (non-hydrogen) atoms. The van der Waals surface area contributed by atoms with Gasteiger partial charge < -0.3 is 19.8 Å². The fourth-order valence-electron chi connectivity index (χ4n) is 3.48. The molecule has 0 bridgehead atoms. The van der Waals surface area contributed by atoms with Crippen molar-refractivity contribution in [3.05, 3.63) is 0 Å². The lowest BCUT2D eigenvalue weighted by Crippen LogP contribution is -2.50. The molecule has 0 spiro atoms. The number of nitrogens with zero attached hydrogens (tertiary/aromatic N) is 3. The number of piperidine rings is 1. The summed E-state index contributed by atoms with van der Waals surface area (Å²) in [6.45, 7) is 6.40. The standard InChI is InChI=1S/C17H29N3O4/c1-3-13(2)20(12-15(21)22)16(23)14-6-10-19(11-7-14)17(24)18-8-4-5-9-18/h13-14H,3-12H2,1-2H3,(H,21,22). The molecule has 0 aliphatic carbocycles. The van der Waals surface area contributed by atoms with E-state index in [0.717, 1.165) is 32.4 Å². The zero-order valence-corrected chi connectivity index (χ0v) is 14.7. The Kier molecular flexibility index (Phi) is 6.45. The summed E-state index contributed by atoms with van der Waals surface area (Å²) >= 11 is 0. The minimum absolute atomic E-state index is 0.0833. The topological polar surface area (TPSA) is 81.2 Å². The third-order valence-electron chi connectivity index (χ3n) is 5.20. The average molecular weight is 339 g/mol. The number of amides is 3. The highest BCUT2D eigenvalue weighted by atomic mass is 16.4. The maximum atomic E-state index is 12.7. The predicted octanol–water partition coefficient (Wildman–Crippen LogP) is 1.63. The highest BCUT2D eigenvalue weighted by Crippen LogP contribution is 2.23. The Morgan fingerprint density at radius 1 is 1.08 bits per heavy atom. The Labute approximate surface area is 143 Å². The summed E-state index contributed by atoms with van der Waals surface area (Å²) in [5.41, 5.74) is 0. The van der Waals surface area contributed by atoms with Gasteiger partial charge in [0.2, 0.25) is 5.91 Å². The van der Waals surface area contributed by atoms with E-state index in [1.54, 1.807) is 0 Å². The van der Waals surface area contributed by atoms with Crippen LogP contribution in [0.4, 0.5) is 4.79 Å². The van der Waals surface area contributed by atoms with Crippen molar-refractivity contribution in [2.75, 3.05) is 32.7 Å². The van der Waals surface area contributed by atoms with Crippen LogP contribution in [0.15, 0.2) is 0 Å². The van der Waals surface area contributed by atoms with Crippen molar-refractivity contribution < 1.29 is 19.5 Å². The van der Waals surface area contributed by atoms with Gasteiger partial charge in [0.05, 0.1) is 0 Å². The van der Waals surface area contributed by atoms with Crippen molar-refractivity contribution in [3.8, 4) is 0 Å². The number of urea groups is 1. The van der Waals surface area contributed by atoms with Gasteiger partial charge in [-0.3, -0.25) is 9.59 Å². The Bertz CT molecular complexity index is 468. The Morgan fingerprint density at radius 2 is 1.62 bits per heavy atom. The van der Waals surface area contributed by atoms with E-state index in [0.29, 0.717) is 25.9 Å². The van der Waals surface area contributed by atoms with Gasteiger partial charge in [-0.2, -0.15) is 0 Å². The number of likely N-dealkylation sites (tertiary alicyclic amines) is 2. The number of carboxylic acid groups (broad SMARTS) is 1. The van der Waals surface area contributed by atoms with E-state index in [4.69, 9.17) is 5.11 Å². The molecular formula is C17H29N3O4. The number of carbonyl (C=O) groups excluding carboxylic acids is 2. The maximum Gasteiger partial charge on any atom is 0.323 e. The molecule has 2 fully saturated rings. The van der Waals surface area contributed by atoms with Crippen LogP contribution < -0.4 is 0 Å². The van der Waals surface area contributed by atoms with Crippen LogP contribution in [0.2, 0.25) is 0 Å². The van der Waals surface area contributed by atoms with Crippen molar-refractivity contribution in [2.45, 2.75) is 52.0 Å². The quantitative estimate of drug-likeness (QED) is 0.825. The van der Waals surface area contributed by atoms with Crippen molar-refractivity contribution in [2.24, 2.45) is 5.92 Å². The normalized spacial score (nSPS) is 20.1. The van der Waals surface area contributed by atoms with Crippen molar-refractivity contribution >= 4 is 17.9 Å². The van der Waals surface area contributed by atoms with Crippen LogP contribution in [-0.2, 0) is 9.59 Å². The molecule has 0 saturated carbocycles. The minimum atomic E-state index is -0.981. The van der Waals surface area contributed by atoms with Crippen LogP contribution >= 0.6 is 0 Å². The summed E-state index contributed by atoms with van der Waals surface area (Å²) in [7, 11) is 0. The second kappa shape index (κ2) is 8.35. The smallest absolute Gasteiger partial charge is 0.323 e. The molecule has 7 nitrogen and oxygen atoms in total. The van der Waals surface area contributed by atoms with Gasteiger partial charge in [0.15, 0.2) is 0 Å². The molecule has 2 rings (SSSR count). The number of aliphatic carboxylic acids is 1. The molecule has 136 valence electrons. The van der Waals surface area contributed by atoms with Crippen LogP contribution in [0.5, 0.6) is 0 Å². The molecule has 1 atom stereocenters. The first-order chi connectivity index (χ1) is 11.4. The first-order valence-corrected chi connectivity index (χ1v) is 9.00. The first-order valence-electron chi connectivity index (χ1n) is 9.00. The van der Waals surface area contributed by atoms with Crippen LogP contribution in [0.3, 0.4) is 0 Å². The Morgan fingerprint density at radius 3 is 2.12 bits per heavy atom. The zero-order chi connectivity index (χ0) is 17.7. The summed E-state index contributed by atoms with van der Waals surface area (Å²) < 4.78 is 0. The second-order valence-corrected chi connectivity index (χ2v) is 6.86. The summed E-state index contributed by atoms with van der Waals surface area (Å²) in [6.07, 6.45) is 4.10. The lowest BCUT2D eigenvalue weighted by molar-refractivity contribution is -0.148. The van der Waals surface area contributed by atoms with E-state index in [1.165, 1.54) is 4.90 Å². The lowest BCUT2D eigenvalue weighted by atomic mass is 9.94. The molecule has 0 aromatic heterocycles. The Balaban J connectivity index is 1.90. The zero-order valence-electron chi connectivity index (χ0n) is 14.7. The summed E-state index contributed by atoms with van der Waals surface area (Å²) in [6, 6.07) is 0.000536. The largest absolute Gasteiger partial charge is 0.480 e. The van der Waals surface area contributed by atoms with E-state index < -0.39 is 5.97 Å². The molecule has 1 N–H and O–H groups in total. The highest BCUT2D eigenvalue weighted by molar-refractivity contribution is 5.84. The SMILES string of the molecule is CCC(C)N(CC(=O)O)C(=O)C1CCN(C(=O)N2CCCC2)CC1. The molecule has 3 amide bonds. The second-order valence-electron chi connectivity index (χ2n) is 6.86. The van der Waals surface area contributed by atoms with Gasteiger partial charge in [-0.15, -0.1) is 0 Å². The van der Waals surface area contributed by atoms with Gasteiger partial charge in [0, 0.05) is 38.1 Å². The molecule has 7 heteroatoms. The molecule has 0 aromatic carbocycles. The van der Waals surface area contributed by atoms with Gasteiger partial charge in [-0.1, -0.05) is 6.92 Å². The third kappa shape index (κ3) is 4.39. The molecule has 2 saturated heterocycles. The average Bonchev–Trinajstić information content (AvgIpc) is 3.12. The van der Waals surface area contributed by atoms with Gasteiger partial charge in [0.1, 0.15) is 6.54 Å². The van der Waals surface area contributed by atoms with E-state index >= 15 is 0 Å². The number of hydrogen-bond donors (Lipinski definition) is 1. The fourth-order valence-corrected chi connectivity index (χ4v) is 3.48. The molecule has 2 heterocycles. The van der Waals surface area contributed by atoms with E-state index in [-0.39, 0.29) is 30.4 Å². The number of hydrogen-bond acceptors (Lipinski definition) is 3. The van der Waals surface area contributed by atoms with Crippen molar-refractivity contribution in [1.29, 1.82) is 0 Å². The van der Waals surface area contributed by atoms with E-state index in [2.05, 4.69) is 0 Å². The lowest BCUT2D eigenvalue weighted by Gasteiger charge is -2.37. The van der Waals surface area contributed by atoms with E-state index in [1.807, 2.05) is 23.6 Å². The summed E-state index contributed by atoms with van der Waals surface area (Å²) in [5, 5.41) is 9.06. The summed E-state index contributed by atoms with van der Waals surface area (Å²) in [5.74, 6) is -1.24. The van der Waals surface area contributed by atoms with Crippen LogP contribution in [0, 0.1) is 5.92 Å². The van der Waals surface area contributed by atoms with Crippen molar-refractivity contribution in [3.63, 3.8) is 0 Å². The molecule has 2 aliphatic heterocycles. The number of carbonyl (C=O) groups is 3. The fraction of sp³-hybridized carbons (Fsp3) is 0.824. The number of carboxylic acids is 1. The van der Waals surface area contributed by atoms with Crippen molar-refractivity contribution in [1.82, 2.24) is 14.7 Å². The molecular weight excluding hydrogens is 310 g/mol. The van der Waals surface area contributed by atoms with Crippen LogP contribution in [-0.4, -0.2) is 76.5 Å². The van der Waals surface area contributed by atoms with Gasteiger partial charge >= 0.3 is 12.0 Å². The van der Waals surface area contributed by atoms with Crippen LogP contribution in [0.1, 0.15) is 46.0 Å². The third-order valence-corrected chi connectivity index (χ3v) is 5.20. The van der Waals surface area contributed by atoms with Gasteiger partial charge in [-0.25, -0.2) is 4.79 Å². The molecule has 0 radical (unpaired) electrons. The number of rotatable bonds is 5. The maximum absolute atomic E-state index is 12.7. The van der Waals surface area contributed by atoms with Crippen LogP contribution in [0.25, 0.3) is 0 Å². The molecule has 2 aliphatic rings.